The molecule has 0 spiro atoms. The van der Waals surface area contributed by atoms with Crippen molar-refractivity contribution in [2.45, 2.75) is 31.3 Å². The summed E-state index contributed by atoms with van der Waals surface area (Å²) in [7, 11) is 0. The number of carbonyl (C=O) groups excluding carboxylic acids is 1. The van der Waals surface area contributed by atoms with E-state index in [0.717, 1.165) is 5.56 Å². The Balaban J connectivity index is 1.76. The molecule has 2 aromatic rings. The second-order valence-electron chi connectivity index (χ2n) is 6.23. The van der Waals surface area contributed by atoms with E-state index < -0.39 is 18.1 Å². The van der Waals surface area contributed by atoms with Crippen molar-refractivity contribution in [3.8, 4) is 0 Å². The van der Waals surface area contributed by atoms with E-state index in [-0.39, 0.29) is 12.3 Å². The number of hydrogen-bond donors (Lipinski definition) is 3. The number of halogens is 2. The van der Waals surface area contributed by atoms with Crippen LogP contribution in [0.2, 0.25) is 10.0 Å². The zero-order chi connectivity index (χ0) is 18.7. The molecule has 26 heavy (non-hydrogen) atoms. The summed E-state index contributed by atoms with van der Waals surface area (Å²) in [6.07, 6.45) is 1.13. The highest BCUT2D eigenvalue weighted by Crippen LogP contribution is 2.39. The van der Waals surface area contributed by atoms with Gasteiger partial charge in [-0.05, 0) is 24.1 Å². The zero-order valence-corrected chi connectivity index (χ0v) is 15.3. The molecule has 0 saturated heterocycles. The molecule has 1 aliphatic heterocycles. The van der Waals surface area contributed by atoms with Gasteiger partial charge < -0.3 is 15.7 Å². The SMILES string of the molecule is O=C(CCc1ccccc1)NC1CC(C(=O)O)Nc2cc(Cl)cc(Cl)c21. The van der Waals surface area contributed by atoms with Crippen LogP contribution in [0.4, 0.5) is 5.69 Å². The summed E-state index contributed by atoms with van der Waals surface area (Å²) in [5.41, 5.74) is 2.28. The molecule has 136 valence electrons. The first-order chi connectivity index (χ1) is 12.4. The van der Waals surface area contributed by atoms with Crippen molar-refractivity contribution < 1.29 is 14.7 Å². The van der Waals surface area contributed by atoms with Gasteiger partial charge >= 0.3 is 5.97 Å². The molecule has 1 amide bonds. The van der Waals surface area contributed by atoms with Crippen LogP contribution in [0.15, 0.2) is 42.5 Å². The molecule has 5 nitrogen and oxygen atoms in total. The van der Waals surface area contributed by atoms with E-state index in [1.165, 1.54) is 0 Å². The van der Waals surface area contributed by atoms with Gasteiger partial charge in [0, 0.05) is 34.1 Å². The molecule has 2 aromatic carbocycles. The van der Waals surface area contributed by atoms with Crippen molar-refractivity contribution in [3.05, 3.63) is 63.6 Å². The lowest BCUT2D eigenvalue weighted by atomic mass is 9.92. The van der Waals surface area contributed by atoms with Gasteiger partial charge in [-0.3, -0.25) is 4.79 Å². The van der Waals surface area contributed by atoms with E-state index >= 15 is 0 Å². The number of aryl methyl sites for hydroxylation is 1. The van der Waals surface area contributed by atoms with Crippen LogP contribution in [0.1, 0.15) is 30.0 Å². The molecule has 3 rings (SSSR count). The lowest BCUT2D eigenvalue weighted by molar-refractivity contribution is -0.138. The van der Waals surface area contributed by atoms with Gasteiger partial charge in [-0.1, -0.05) is 53.5 Å². The third-order valence-electron chi connectivity index (χ3n) is 4.36. The minimum absolute atomic E-state index is 0.151. The molecule has 1 heterocycles. The normalized spacial score (nSPS) is 18.5. The van der Waals surface area contributed by atoms with Crippen LogP contribution >= 0.6 is 23.2 Å². The molecule has 2 unspecified atom stereocenters. The van der Waals surface area contributed by atoms with Crippen LogP contribution < -0.4 is 10.6 Å². The molecule has 7 heteroatoms. The molecule has 3 N–H and O–H groups in total. The first-order valence-corrected chi connectivity index (χ1v) is 9.01. The number of amides is 1. The van der Waals surface area contributed by atoms with E-state index in [4.69, 9.17) is 23.2 Å². The summed E-state index contributed by atoms with van der Waals surface area (Å²) in [5, 5.41) is 16.0. The molecule has 2 atom stereocenters. The van der Waals surface area contributed by atoms with Crippen LogP contribution in [-0.4, -0.2) is 23.0 Å². The van der Waals surface area contributed by atoms with Crippen molar-refractivity contribution >= 4 is 40.8 Å². The second-order valence-corrected chi connectivity index (χ2v) is 7.07. The van der Waals surface area contributed by atoms with E-state index in [9.17, 15) is 14.7 Å². The first kappa shape index (κ1) is 18.5. The second kappa shape index (κ2) is 7.98. The Labute approximate surface area is 161 Å². The number of benzene rings is 2. The number of aliphatic carboxylic acids is 1. The van der Waals surface area contributed by atoms with Gasteiger partial charge in [-0.25, -0.2) is 4.79 Å². The monoisotopic (exact) mass is 392 g/mol. The Kier molecular flexibility index (Phi) is 5.69. The molecule has 0 bridgehead atoms. The molecule has 1 aliphatic rings. The third kappa shape index (κ3) is 4.29. The highest BCUT2D eigenvalue weighted by atomic mass is 35.5. The number of rotatable bonds is 5. The summed E-state index contributed by atoms with van der Waals surface area (Å²) >= 11 is 12.3. The van der Waals surface area contributed by atoms with Crippen molar-refractivity contribution in [1.82, 2.24) is 5.32 Å². The number of carboxylic acids is 1. The Morgan fingerprint density at radius 2 is 1.92 bits per heavy atom. The number of hydrogen-bond acceptors (Lipinski definition) is 3. The van der Waals surface area contributed by atoms with Crippen molar-refractivity contribution in [2.24, 2.45) is 0 Å². The minimum atomic E-state index is -0.990. The molecular formula is C19H18Cl2N2O3. The highest BCUT2D eigenvalue weighted by Gasteiger charge is 2.33. The quantitative estimate of drug-likeness (QED) is 0.716. The van der Waals surface area contributed by atoms with Gasteiger partial charge in [0.1, 0.15) is 6.04 Å². The van der Waals surface area contributed by atoms with Gasteiger partial charge in [0.25, 0.3) is 0 Å². The molecule has 0 saturated carbocycles. The topological polar surface area (TPSA) is 78.4 Å². The number of fused-ring (bicyclic) bond motifs is 1. The molecule has 0 aliphatic carbocycles. The molecule has 0 fully saturated rings. The summed E-state index contributed by atoms with van der Waals surface area (Å²) in [5.74, 6) is -1.14. The predicted octanol–water partition coefficient (Wildman–Crippen LogP) is 4.05. The number of carboxylic acid groups (broad SMARTS) is 1. The van der Waals surface area contributed by atoms with Crippen LogP contribution in [0.3, 0.4) is 0 Å². The predicted molar refractivity (Wildman–Crippen MR) is 102 cm³/mol. The van der Waals surface area contributed by atoms with Gasteiger partial charge in [0.2, 0.25) is 5.91 Å². The maximum absolute atomic E-state index is 12.4. The Hall–Kier alpha value is -2.24. The first-order valence-electron chi connectivity index (χ1n) is 8.25. The lowest BCUT2D eigenvalue weighted by Crippen LogP contribution is -2.41. The van der Waals surface area contributed by atoms with E-state index in [1.54, 1.807) is 12.1 Å². The van der Waals surface area contributed by atoms with Gasteiger partial charge in [0.05, 0.1) is 6.04 Å². The maximum atomic E-state index is 12.4. The Morgan fingerprint density at radius 1 is 1.19 bits per heavy atom. The highest BCUT2D eigenvalue weighted by molar-refractivity contribution is 6.35. The van der Waals surface area contributed by atoms with Crippen molar-refractivity contribution in [1.29, 1.82) is 0 Å². The molecule has 0 radical (unpaired) electrons. The fourth-order valence-electron chi connectivity index (χ4n) is 3.12. The Morgan fingerprint density at radius 3 is 2.62 bits per heavy atom. The fourth-order valence-corrected chi connectivity index (χ4v) is 3.75. The third-order valence-corrected chi connectivity index (χ3v) is 4.89. The Bertz CT molecular complexity index is 827. The maximum Gasteiger partial charge on any atom is 0.326 e. The van der Waals surface area contributed by atoms with Gasteiger partial charge in [-0.2, -0.15) is 0 Å². The van der Waals surface area contributed by atoms with Crippen LogP contribution in [-0.2, 0) is 16.0 Å². The standard InChI is InChI=1S/C19H18Cl2N2O3/c20-12-8-13(21)18-14(9-12)22-16(19(25)26)10-15(18)23-17(24)7-6-11-4-2-1-3-5-11/h1-5,8-9,15-16,22H,6-7,10H2,(H,23,24)(H,25,26). The fraction of sp³-hybridized carbons (Fsp3) is 0.263. The van der Waals surface area contributed by atoms with Gasteiger partial charge in [-0.15, -0.1) is 0 Å². The van der Waals surface area contributed by atoms with Crippen LogP contribution in [0, 0.1) is 0 Å². The van der Waals surface area contributed by atoms with E-state index in [2.05, 4.69) is 10.6 Å². The lowest BCUT2D eigenvalue weighted by Gasteiger charge is -2.32. The van der Waals surface area contributed by atoms with E-state index in [0.29, 0.717) is 34.1 Å². The van der Waals surface area contributed by atoms with Crippen molar-refractivity contribution in [2.75, 3.05) is 5.32 Å². The summed E-state index contributed by atoms with van der Waals surface area (Å²) in [6.45, 7) is 0. The van der Waals surface area contributed by atoms with E-state index in [1.807, 2.05) is 30.3 Å². The summed E-state index contributed by atoms with van der Waals surface area (Å²) < 4.78 is 0. The van der Waals surface area contributed by atoms with Crippen LogP contribution in [0.25, 0.3) is 0 Å². The molecule has 0 aromatic heterocycles. The summed E-state index contributed by atoms with van der Waals surface area (Å²) in [4.78, 5) is 23.8. The molecular weight excluding hydrogens is 375 g/mol. The smallest absolute Gasteiger partial charge is 0.326 e. The largest absolute Gasteiger partial charge is 0.480 e. The minimum Gasteiger partial charge on any atom is -0.480 e. The van der Waals surface area contributed by atoms with Crippen LogP contribution in [0.5, 0.6) is 0 Å². The van der Waals surface area contributed by atoms with Gasteiger partial charge in [0.15, 0.2) is 0 Å². The van der Waals surface area contributed by atoms with Crippen molar-refractivity contribution in [3.63, 3.8) is 0 Å². The zero-order valence-electron chi connectivity index (χ0n) is 13.8. The summed E-state index contributed by atoms with van der Waals surface area (Å²) in [6, 6.07) is 11.6. The average molecular weight is 393 g/mol. The number of anilines is 1. The average Bonchev–Trinajstić information content (AvgIpc) is 2.60. The number of nitrogens with one attached hydrogen (secondary N) is 2. The number of carbonyl (C=O) groups is 2.